The summed E-state index contributed by atoms with van der Waals surface area (Å²) >= 11 is 0. The fourth-order valence-electron chi connectivity index (χ4n) is 0.861. The minimum absolute atomic E-state index is 0.582. The van der Waals surface area contributed by atoms with E-state index >= 15 is 0 Å². The van der Waals surface area contributed by atoms with Crippen molar-refractivity contribution in [3.63, 3.8) is 0 Å². The molecule has 0 aliphatic carbocycles. The van der Waals surface area contributed by atoms with Crippen LogP contribution in [0, 0.1) is 5.82 Å². The molecular weight excluding hydrogens is 199 g/mol. The summed E-state index contributed by atoms with van der Waals surface area (Å²) in [6, 6.07) is 0.582. The van der Waals surface area contributed by atoms with Crippen molar-refractivity contribution in [1.29, 1.82) is 0 Å². The van der Waals surface area contributed by atoms with E-state index in [9.17, 15) is 18.0 Å². The van der Waals surface area contributed by atoms with E-state index in [1.807, 2.05) is 0 Å². The number of alkyl halides is 2. The Morgan fingerprint density at radius 1 is 1.50 bits per heavy atom. The van der Waals surface area contributed by atoms with Crippen LogP contribution in [0.2, 0.25) is 0 Å². The number of nitrogens with zero attached hydrogens (tertiary/aromatic N) is 1. The first kappa shape index (κ1) is 10.3. The molecule has 0 spiro atoms. The first-order valence-corrected chi connectivity index (χ1v) is 3.47. The average Bonchev–Trinajstić information content (AvgIpc) is 2.08. The van der Waals surface area contributed by atoms with Crippen LogP contribution in [-0.2, 0) is 0 Å². The number of primary amides is 1. The number of carbonyl (C=O) groups is 1. The Morgan fingerprint density at radius 2 is 2.07 bits per heavy atom. The van der Waals surface area contributed by atoms with E-state index in [4.69, 9.17) is 11.5 Å². The van der Waals surface area contributed by atoms with Crippen LogP contribution in [0.1, 0.15) is 22.5 Å². The lowest BCUT2D eigenvalue weighted by atomic mass is 10.2. The second-order valence-electron chi connectivity index (χ2n) is 2.46. The Balaban J connectivity index is 3.35. The molecule has 1 amide bonds. The Hall–Kier alpha value is -1.79. The molecule has 0 fully saturated rings. The van der Waals surface area contributed by atoms with Gasteiger partial charge in [0.25, 0.3) is 12.3 Å². The topological polar surface area (TPSA) is 82.0 Å². The van der Waals surface area contributed by atoms with Gasteiger partial charge in [0.05, 0.1) is 5.56 Å². The summed E-state index contributed by atoms with van der Waals surface area (Å²) in [5, 5.41) is 0. The highest BCUT2D eigenvalue weighted by molar-refractivity contribution is 5.93. The Kier molecular flexibility index (Phi) is 2.59. The van der Waals surface area contributed by atoms with Crippen LogP contribution in [-0.4, -0.2) is 10.9 Å². The summed E-state index contributed by atoms with van der Waals surface area (Å²) in [7, 11) is 0. The lowest BCUT2D eigenvalue weighted by Crippen LogP contribution is -2.16. The third kappa shape index (κ3) is 1.76. The molecule has 0 saturated carbocycles. The average molecular weight is 205 g/mol. The predicted octanol–water partition coefficient (Wildman–Crippen LogP) is 0.839. The Morgan fingerprint density at radius 3 is 2.50 bits per heavy atom. The number of hydrogen-bond acceptors (Lipinski definition) is 3. The molecule has 0 unspecified atom stereocenters. The standard InChI is InChI=1S/C7H6F3N3O/c8-4-2(7(12)14)1-3(5(9)10)13-6(4)11/h1,5H,(H2,11,13)(H2,12,14). The number of halogens is 3. The number of carbonyl (C=O) groups excluding carboxylic acids is 1. The molecular formula is C7H6F3N3O. The number of nitrogens with two attached hydrogens (primary N) is 2. The zero-order valence-corrected chi connectivity index (χ0v) is 6.80. The number of anilines is 1. The normalized spacial score (nSPS) is 10.6. The summed E-state index contributed by atoms with van der Waals surface area (Å²) in [5.74, 6) is -3.11. The first-order valence-electron chi connectivity index (χ1n) is 3.47. The van der Waals surface area contributed by atoms with Gasteiger partial charge in [0.2, 0.25) is 0 Å². The number of amides is 1. The van der Waals surface area contributed by atoms with Gasteiger partial charge in [0.1, 0.15) is 5.69 Å². The molecule has 7 heteroatoms. The molecule has 1 aromatic heterocycles. The third-order valence-electron chi connectivity index (χ3n) is 1.49. The quantitative estimate of drug-likeness (QED) is 0.750. The molecule has 0 bridgehead atoms. The zero-order valence-electron chi connectivity index (χ0n) is 6.80. The van der Waals surface area contributed by atoms with Crippen molar-refractivity contribution in [2.75, 3.05) is 5.73 Å². The molecule has 4 nitrogen and oxygen atoms in total. The van der Waals surface area contributed by atoms with E-state index in [0.29, 0.717) is 6.07 Å². The van der Waals surface area contributed by atoms with Crippen molar-refractivity contribution >= 4 is 11.7 Å². The van der Waals surface area contributed by atoms with Crippen molar-refractivity contribution in [2.24, 2.45) is 5.73 Å². The second-order valence-corrected chi connectivity index (χ2v) is 2.46. The van der Waals surface area contributed by atoms with Gasteiger partial charge in [-0.15, -0.1) is 0 Å². The maximum atomic E-state index is 13.0. The van der Waals surface area contributed by atoms with Crippen LogP contribution in [0.3, 0.4) is 0 Å². The molecule has 0 aliphatic heterocycles. The van der Waals surface area contributed by atoms with E-state index in [1.165, 1.54) is 0 Å². The first-order chi connectivity index (χ1) is 6.43. The summed E-state index contributed by atoms with van der Waals surface area (Å²) < 4.78 is 37.2. The second kappa shape index (κ2) is 3.52. The Labute approximate surface area is 76.7 Å². The summed E-state index contributed by atoms with van der Waals surface area (Å²) in [6.07, 6.45) is -2.93. The predicted molar refractivity (Wildman–Crippen MR) is 42.1 cm³/mol. The number of aromatic nitrogens is 1. The molecule has 1 heterocycles. The van der Waals surface area contributed by atoms with Gasteiger partial charge in [-0.3, -0.25) is 4.79 Å². The maximum Gasteiger partial charge on any atom is 0.280 e. The van der Waals surface area contributed by atoms with Gasteiger partial charge in [-0.2, -0.15) is 0 Å². The van der Waals surface area contributed by atoms with Gasteiger partial charge >= 0.3 is 0 Å². The number of pyridine rings is 1. The van der Waals surface area contributed by atoms with Gasteiger partial charge in [0, 0.05) is 0 Å². The third-order valence-corrected chi connectivity index (χ3v) is 1.49. The summed E-state index contributed by atoms with van der Waals surface area (Å²) in [4.78, 5) is 13.7. The van der Waals surface area contributed by atoms with Gasteiger partial charge < -0.3 is 11.5 Å². The van der Waals surface area contributed by atoms with E-state index < -0.39 is 35.2 Å². The van der Waals surface area contributed by atoms with Crippen LogP contribution in [0.5, 0.6) is 0 Å². The lowest BCUT2D eigenvalue weighted by molar-refractivity contribution is 0.0995. The van der Waals surface area contributed by atoms with E-state index in [2.05, 4.69) is 4.98 Å². The number of rotatable bonds is 2. The SMILES string of the molecule is NC(=O)c1cc(C(F)F)nc(N)c1F. The highest BCUT2D eigenvalue weighted by Gasteiger charge is 2.18. The molecule has 4 N–H and O–H groups in total. The lowest BCUT2D eigenvalue weighted by Gasteiger charge is -2.04. The maximum absolute atomic E-state index is 13.0. The zero-order chi connectivity index (χ0) is 10.9. The summed E-state index contributed by atoms with van der Waals surface area (Å²) in [6.45, 7) is 0. The molecule has 0 atom stereocenters. The molecule has 1 rings (SSSR count). The van der Waals surface area contributed by atoms with Crippen molar-refractivity contribution in [2.45, 2.75) is 6.43 Å². The largest absolute Gasteiger partial charge is 0.381 e. The summed E-state index contributed by atoms with van der Waals surface area (Å²) in [5.41, 5.74) is 8.25. The van der Waals surface area contributed by atoms with Crippen LogP contribution >= 0.6 is 0 Å². The highest BCUT2D eigenvalue weighted by Crippen LogP contribution is 2.21. The molecule has 0 aliphatic rings. The van der Waals surface area contributed by atoms with Crippen molar-refractivity contribution < 1.29 is 18.0 Å². The van der Waals surface area contributed by atoms with Crippen LogP contribution in [0.15, 0.2) is 6.07 Å². The molecule has 0 saturated heterocycles. The monoisotopic (exact) mass is 205 g/mol. The van der Waals surface area contributed by atoms with E-state index in [-0.39, 0.29) is 0 Å². The molecule has 0 aromatic carbocycles. The van der Waals surface area contributed by atoms with Crippen molar-refractivity contribution in [3.8, 4) is 0 Å². The fourth-order valence-corrected chi connectivity index (χ4v) is 0.861. The van der Waals surface area contributed by atoms with Gasteiger partial charge in [-0.25, -0.2) is 18.2 Å². The van der Waals surface area contributed by atoms with Crippen LogP contribution < -0.4 is 11.5 Å². The number of nitrogen functional groups attached to an aromatic ring is 1. The van der Waals surface area contributed by atoms with Crippen molar-refractivity contribution in [3.05, 3.63) is 23.1 Å². The van der Waals surface area contributed by atoms with Crippen LogP contribution in [0.4, 0.5) is 19.0 Å². The van der Waals surface area contributed by atoms with Gasteiger partial charge in [-0.1, -0.05) is 0 Å². The highest BCUT2D eigenvalue weighted by atomic mass is 19.3. The Bertz CT molecular complexity index is 381. The molecule has 14 heavy (non-hydrogen) atoms. The minimum atomic E-state index is -2.93. The van der Waals surface area contributed by atoms with Gasteiger partial charge in [-0.05, 0) is 6.07 Å². The van der Waals surface area contributed by atoms with Gasteiger partial charge in [0.15, 0.2) is 11.6 Å². The molecule has 0 radical (unpaired) electrons. The number of hydrogen-bond donors (Lipinski definition) is 2. The fraction of sp³-hybridized carbons (Fsp3) is 0.143. The van der Waals surface area contributed by atoms with Crippen LogP contribution in [0.25, 0.3) is 0 Å². The minimum Gasteiger partial charge on any atom is -0.381 e. The molecule has 76 valence electrons. The molecule has 1 aromatic rings. The van der Waals surface area contributed by atoms with E-state index in [0.717, 1.165) is 0 Å². The van der Waals surface area contributed by atoms with Crippen molar-refractivity contribution in [1.82, 2.24) is 4.98 Å². The van der Waals surface area contributed by atoms with E-state index in [1.54, 1.807) is 0 Å². The smallest absolute Gasteiger partial charge is 0.280 e.